The van der Waals surface area contributed by atoms with Crippen LogP contribution in [-0.4, -0.2) is 21.0 Å². The monoisotopic (exact) mass is 370 g/mol. The van der Waals surface area contributed by atoms with Crippen LogP contribution in [0.15, 0.2) is 61.6 Å². The molecule has 0 N–H and O–H groups in total. The Morgan fingerprint density at radius 2 is 1.65 bits per heavy atom. The van der Waals surface area contributed by atoms with E-state index in [0.29, 0.717) is 10.5 Å². The summed E-state index contributed by atoms with van der Waals surface area (Å²) in [6, 6.07) is 12.2. The number of hydrogen-bond donors (Lipinski definition) is 0. The molecule has 0 atom stereocenters. The van der Waals surface area contributed by atoms with E-state index in [1.807, 2.05) is 12.1 Å². The molecule has 0 aliphatic rings. The maximum atomic E-state index is 11.4. The van der Waals surface area contributed by atoms with Crippen molar-refractivity contribution >= 4 is 43.8 Å². The molecule has 0 aliphatic carbocycles. The average Bonchev–Trinajstić information content (AvgIpc) is 2.38. The van der Waals surface area contributed by atoms with Gasteiger partial charge in [-0.2, -0.15) is 0 Å². The van der Waals surface area contributed by atoms with Crippen LogP contribution in [0.1, 0.15) is 10.4 Å². The van der Waals surface area contributed by atoms with E-state index in [1.54, 1.807) is 30.3 Å². The molecule has 0 aromatic heterocycles. The average molecular weight is 371 g/mol. The molecule has 0 bridgehead atoms. The Hall–Kier alpha value is -1.11. The number of carbonyl (C=O) groups excluding carboxylic acids is 1. The number of sulfone groups is 1. The molecular formula is C14H11BrO3S2. The van der Waals surface area contributed by atoms with Crippen LogP contribution in [0.3, 0.4) is 0 Å². The lowest BCUT2D eigenvalue weighted by Crippen LogP contribution is -1.95. The first-order valence-corrected chi connectivity index (χ1v) is 9.13. The molecule has 0 fully saturated rings. The van der Waals surface area contributed by atoms with Crippen LogP contribution in [0.4, 0.5) is 0 Å². The van der Waals surface area contributed by atoms with Crippen molar-refractivity contribution in [1.82, 2.24) is 0 Å². The minimum atomic E-state index is -3.16. The van der Waals surface area contributed by atoms with Gasteiger partial charge in [-0.25, -0.2) is 8.42 Å². The summed E-state index contributed by atoms with van der Waals surface area (Å²) in [6.07, 6.45) is 1.98. The molecule has 2 aromatic carbocycles. The van der Waals surface area contributed by atoms with E-state index in [-0.39, 0.29) is 0 Å². The minimum Gasteiger partial charge on any atom is -0.298 e. The highest BCUT2D eigenvalue weighted by atomic mass is 79.9. The SMILES string of the molecule is CS(=O)(=O)c1ccc(Sc2ccc(C=O)c(Br)c2)cc1. The topological polar surface area (TPSA) is 51.2 Å². The predicted octanol–water partition coefficient (Wildman–Crippen LogP) is 3.82. The van der Waals surface area contributed by atoms with Gasteiger partial charge in [0.2, 0.25) is 0 Å². The molecule has 0 unspecified atom stereocenters. The van der Waals surface area contributed by atoms with Gasteiger partial charge in [0, 0.05) is 26.1 Å². The van der Waals surface area contributed by atoms with Crippen molar-refractivity contribution in [2.45, 2.75) is 14.7 Å². The maximum absolute atomic E-state index is 11.4. The van der Waals surface area contributed by atoms with Crippen molar-refractivity contribution in [3.05, 3.63) is 52.5 Å². The number of carbonyl (C=O) groups is 1. The first-order valence-electron chi connectivity index (χ1n) is 5.63. The van der Waals surface area contributed by atoms with Gasteiger partial charge in [-0.3, -0.25) is 4.79 Å². The molecule has 0 amide bonds. The second-order valence-electron chi connectivity index (χ2n) is 4.15. The predicted molar refractivity (Wildman–Crippen MR) is 83.2 cm³/mol. The van der Waals surface area contributed by atoms with Gasteiger partial charge >= 0.3 is 0 Å². The molecule has 0 saturated heterocycles. The summed E-state index contributed by atoms with van der Waals surface area (Å²) in [5.74, 6) is 0. The lowest BCUT2D eigenvalue weighted by molar-refractivity contribution is 0.112. The molecule has 2 aromatic rings. The molecule has 3 nitrogen and oxygen atoms in total. The summed E-state index contributed by atoms with van der Waals surface area (Å²) >= 11 is 4.83. The summed E-state index contributed by atoms with van der Waals surface area (Å²) < 4.78 is 23.5. The van der Waals surface area contributed by atoms with Crippen LogP contribution in [0.2, 0.25) is 0 Å². The largest absolute Gasteiger partial charge is 0.298 e. The highest BCUT2D eigenvalue weighted by Crippen LogP contribution is 2.31. The third kappa shape index (κ3) is 3.71. The minimum absolute atomic E-state index is 0.305. The van der Waals surface area contributed by atoms with E-state index >= 15 is 0 Å². The molecule has 6 heteroatoms. The Balaban J connectivity index is 2.22. The molecule has 0 aliphatic heterocycles. The van der Waals surface area contributed by atoms with E-state index in [9.17, 15) is 13.2 Å². The number of hydrogen-bond acceptors (Lipinski definition) is 4. The second-order valence-corrected chi connectivity index (χ2v) is 8.16. The lowest BCUT2D eigenvalue weighted by Gasteiger charge is -2.05. The van der Waals surface area contributed by atoms with Gasteiger partial charge in [0.15, 0.2) is 16.1 Å². The Bertz CT molecular complexity index is 738. The third-order valence-corrected chi connectivity index (χ3v) is 5.40. The first kappa shape index (κ1) is 15.3. The van der Waals surface area contributed by atoms with Crippen molar-refractivity contribution in [3.8, 4) is 0 Å². The summed E-state index contributed by atoms with van der Waals surface area (Å²) in [6.45, 7) is 0. The van der Waals surface area contributed by atoms with Gasteiger partial charge in [-0.05, 0) is 42.5 Å². The molecule has 20 heavy (non-hydrogen) atoms. The van der Waals surface area contributed by atoms with E-state index in [0.717, 1.165) is 20.5 Å². The Labute approximate surface area is 130 Å². The van der Waals surface area contributed by atoms with Gasteiger partial charge in [0.1, 0.15) is 0 Å². The summed E-state index contributed by atoms with van der Waals surface area (Å²) in [4.78, 5) is 12.9. The molecule has 2 rings (SSSR count). The smallest absolute Gasteiger partial charge is 0.175 e. The zero-order chi connectivity index (χ0) is 14.8. The third-order valence-electron chi connectivity index (χ3n) is 2.59. The van der Waals surface area contributed by atoms with Crippen molar-refractivity contribution in [1.29, 1.82) is 0 Å². The van der Waals surface area contributed by atoms with Crippen LogP contribution < -0.4 is 0 Å². The van der Waals surface area contributed by atoms with Crippen molar-refractivity contribution < 1.29 is 13.2 Å². The molecule has 104 valence electrons. The van der Waals surface area contributed by atoms with Crippen molar-refractivity contribution in [3.63, 3.8) is 0 Å². The normalized spacial score (nSPS) is 11.3. The number of halogens is 1. The van der Waals surface area contributed by atoms with Crippen LogP contribution in [0.25, 0.3) is 0 Å². The quantitative estimate of drug-likeness (QED) is 0.767. The van der Waals surface area contributed by atoms with Crippen molar-refractivity contribution in [2.75, 3.05) is 6.26 Å². The second kappa shape index (κ2) is 6.11. The van der Waals surface area contributed by atoms with Crippen LogP contribution in [0.5, 0.6) is 0 Å². The highest BCUT2D eigenvalue weighted by Gasteiger charge is 2.07. The number of rotatable bonds is 4. The van der Waals surface area contributed by atoms with Gasteiger partial charge in [-0.1, -0.05) is 27.7 Å². The lowest BCUT2D eigenvalue weighted by atomic mass is 10.2. The van der Waals surface area contributed by atoms with E-state index in [1.165, 1.54) is 18.0 Å². The van der Waals surface area contributed by atoms with Crippen LogP contribution >= 0.6 is 27.7 Å². The fraction of sp³-hybridized carbons (Fsp3) is 0.0714. The van der Waals surface area contributed by atoms with E-state index in [2.05, 4.69) is 15.9 Å². The van der Waals surface area contributed by atoms with Crippen molar-refractivity contribution in [2.24, 2.45) is 0 Å². The fourth-order valence-corrected chi connectivity index (χ4v) is 3.67. The van der Waals surface area contributed by atoms with Gasteiger partial charge < -0.3 is 0 Å². The van der Waals surface area contributed by atoms with E-state index in [4.69, 9.17) is 0 Å². The van der Waals surface area contributed by atoms with Gasteiger partial charge in [0.25, 0.3) is 0 Å². The summed E-state index contributed by atoms with van der Waals surface area (Å²) in [5, 5.41) is 0. The first-order chi connectivity index (χ1) is 9.40. The Morgan fingerprint density at radius 1 is 1.05 bits per heavy atom. The highest BCUT2D eigenvalue weighted by molar-refractivity contribution is 9.10. The Morgan fingerprint density at radius 3 is 2.15 bits per heavy atom. The molecule has 0 heterocycles. The maximum Gasteiger partial charge on any atom is 0.175 e. The summed E-state index contributed by atoms with van der Waals surface area (Å²) in [7, 11) is -3.16. The molecule has 0 radical (unpaired) electrons. The number of benzene rings is 2. The molecular weight excluding hydrogens is 360 g/mol. The zero-order valence-electron chi connectivity index (χ0n) is 10.5. The summed E-state index contributed by atoms with van der Waals surface area (Å²) in [5.41, 5.74) is 0.599. The molecule has 0 spiro atoms. The van der Waals surface area contributed by atoms with Gasteiger partial charge in [-0.15, -0.1) is 0 Å². The Kier molecular flexibility index (Phi) is 4.67. The standard InChI is InChI=1S/C14H11BrO3S2/c1-20(17,18)13-6-4-11(5-7-13)19-12-3-2-10(9-16)14(15)8-12/h2-9H,1H3. The fourth-order valence-electron chi connectivity index (χ4n) is 1.56. The van der Waals surface area contributed by atoms with Crippen LogP contribution in [0, 0.1) is 0 Å². The molecule has 0 saturated carbocycles. The number of aldehydes is 1. The van der Waals surface area contributed by atoms with E-state index < -0.39 is 9.84 Å². The van der Waals surface area contributed by atoms with Gasteiger partial charge in [0.05, 0.1) is 4.90 Å². The zero-order valence-corrected chi connectivity index (χ0v) is 13.8. The van der Waals surface area contributed by atoms with Crippen LogP contribution in [-0.2, 0) is 9.84 Å².